The van der Waals surface area contributed by atoms with Crippen LogP contribution in [-0.4, -0.2) is 5.78 Å². The lowest BCUT2D eigenvalue weighted by molar-refractivity contribution is -0.115. The van der Waals surface area contributed by atoms with Crippen LogP contribution in [0.2, 0.25) is 0 Å². The Morgan fingerprint density at radius 1 is 1.07 bits per heavy atom. The SMILES string of the molecule is CC(C)C/C=C/CC1CCC2C3=C(CCC12C)C1(C)CCC(=O)C=C1CC3. The number of rotatable bonds is 4. The van der Waals surface area contributed by atoms with E-state index in [9.17, 15) is 4.79 Å². The van der Waals surface area contributed by atoms with Crippen LogP contribution < -0.4 is 0 Å². The number of hydrogen-bond acceptors (Lipinski definition) is 1. The first kappa shape index (κ1) is 19.2. The Bertz CT molecular complexity index is 706. The first-order chi connectivity index (χ1) is 12.8. The second-order valence-corrected chi connectivity index (χ2v) is 10.6. The van der Waals surface area contributed by atoms with Crippen molar-refractivity contribution in [2.45, 2.75) is 91.9 Å². The van der Waals surface area contributed by atoms with E-state index in [1.54, 1.807) is 5.57 Å². The van der Waals surface area contributed by atoms with Gasteiger partial charge in [0.1, 0.15) is 0 Å². The predicted molar refractivity (Wildman–Crippen MR) is 113 cm³/mol. The van der Waals surface area contributed by atoms with Crippen molar-refractivity contribution in [3.63, 3.8) is 0 Å². The first-order valence-electron chi connectivity index (χ1n) is 11.5. The molecule has 0 bridgehead atoms. The van der Waals surface area contributed by atoms with E-state index in [1.165, 1.54) is 50.5 Å². The van der Waals surface area contributed by atoms with E-state index in [0.717, 1.165) is 37.0 Å². The summed E-state index contributed by atoms with van der Waals surface area (Å²) >= 11 is 0. The van der Waals surface area contributed by atoms with E-state index in [4.69, 9.17) is 0 Å². The second kappa shape index (κ2) is 7.05. The number of allylic oxidation sites excluding steroid dienone is 6. The molecule has 0 spiro atoms. The number of carbonyl (C=O) groups excluding carboxylic acids is 1. The van der Waals surface area contributed by atoms with Crippen molar-refractivity contribution >= 4 is 5.78 Å². The average Bonchev–Trinajstić information content (AvgIpc) is 2.96. The third-order valence-corrected chi connectivity index (χ3v) is 8.69. The molecule has 0 aromatic carbocycles. The van der Waals surface area contributed by atoms with Crippen molar-refractivity contribution < 1.29 is 4.79 Å². The molecule has 4 aliphatic rings. The molecule has 1 nitrogen and oxygen atoms in total. The second-order valence-electron chi connectivity index (χ2n) is 10.6. The van der Waals surface area contributed by atoms with Crippen molar-refractivity contribution in [1.82, 2.24) is 0 Å². The summed E-state index contributed by atoms with van der Waals surface area (Å²) in [6, 6.07) is 0. The zero-order chi connectivity index (χ0) is 19.2. The average molecular weight is 367 g/mol. The van der Waals surface area contributed by atoms with Gasteiger partial charge in [-0.25, -0.2) is 0 Å². The fourth-order valence-electron chi connectivity index (χ4n) is 6.92. The molecule has 0 saturated heterocycles. The molecular formula is C26H38O. The van der Waals surface area contributed by atoms with Gasteiger partial charge in [0.25, 0.3) is 0 Å². The summed E-state index contributed by atoms with van der Waals surface area (Å²) in [6.07, 6.45) is 19.0. The Hall–Kier alpha value is -1.11. The van der Waals surface area contributed by atoms with Gasteiger partial charge in [0, 0.05) is 11.8 Å². The highest BCUT2D eigenvalue weighted by Crippen LogP contribution is 2.64. The Kier molecular flexibility index (Phi) is 5.02. The van der Waals surface area contributed by atoms with Crippen molar-refractivity contribution in [3.8, 4) is 0 Å². The van der Waals surface area contributed by atoms with Crippen LogP contribution in [0, 0.1) is 28.6 Å². The lowest BCUT2D eigenvalue weighted by Crippen LogP contribution is -2.40. The Morgan fingerprint density at radius 2 is 1.89 bits per heavy atom. The molecule has 0 aromatic rings. The third-order valence-electron chi connectivity index (χ3n) is 8.69. The lowest BCUT2D eigenvalue weighted by Gasteiger charge is -2.51. The first-order valence-corrected chi connectivity index (χ1v) is 11.5. The maximum Gasteiger partial charge on any atom is 0.155 e. The van der Waals surface area contributed by atoms with E-state index in [1.807, 2.05) is 11.6 Å². The standard InChI is InChI=1S/C26H38O/c1-18(2)7-5-6-8-19-10-12-23-22-11-9-20-17-21(27)13-15-26(20,4)24(22)14-16-25(19,23)3/h5-6,17-19,23H,7-16H2,1-4H3/b6-5+. The highest BCUT2D eigenvalue weighted by Gasteiger charge is 2.53. The van der Waals surface area contributed by atoms with E-state index in [2.05, 4.69) is 39.8 Å². The van der Waals surface area contributed by atoms with Gasteiger partial charge in [0.05, 0.1) is 0 Å². The fraction of sp³-hybridized carbons (Fsp3) is 0.731. The van der Waals surface area contributed by atoms with Crippen LogP contribution in [0.3, 0.4) is 0 Å². The maximum atomic E-state index is 12.0. The zero-order valence-electron chi connectivity index (χ0n) is 17.9. The molecule has 1 fully saturated rings. The van der Waals surface area contributed by atoms with Crippen LogP contribution in [0.1, 0.15) is 91.9 Å². The molecule has 0 amide bonds. The molecule has 27 heavy (non-hydrogen) atoms. The topological polar surface area (TPSA) is 17.1 Å². The molecule has 4 aliphatic carbocycles. The highest BCUT2D eigenvalue weighted by atomic mass is 16.1. The van der Waals surface area contributed by atoms with Gasteiger partial charge in [-0.05, 0) is 87.0 Å². The van der Waals surface area contributed by atoms with Gasteiger partial charge < -0.3 is 0 Å². The summed E-state index contributed by atoms with van der Waals surface area (Å²) in [5.41, 5.74) is 5.74. The Balaban J connectivity index is 1.57. The van der Waals surface area contributed by atoms with Crippen LogP contribution in [0.4, 0.5) is 0 Å². The third kappa shape index (κ3) is 3.19. The van der Waals surface area contributed by atoms with Gasteiger partial charge in [-0.15, -0.1) is 0 Å². The smallest absolute Gasteiger partial charge is 0.155 e. The Morgan fingerprint density at radius 3 is 2.67 bits per heavy atom. The molecular weight excluding hydrogens is 328 g/mol. The summed E-state index contributed by atoms with van der Waals surface area (Å²) in [6.45, 7) is 9.66. The van der Waals surface area contributed by atoms with Crippen molar-refractivity contribution in [2.75, 3.05) is 0 Å². The van der Waals surface area contributed by atoms with Gasteiger partial charge in [-0.1, -0.05) is 56.6 Å². The van der Waals surface area contributed by atoms with Crippen LogP contribution in [-0.2, 0) is 4.79 Å². The van der Waals surface area contributed by atoms with Crippen LogP contribution in [0.15, 0.2) is 34.9 Å². The predicted octanol–water partition coefficient (Wildman–Crippen LogP) is 7.19. The summed E-state index contributed by atoms with van der Waals surface area (Å²) in [4.78, 5) is 12.0. The summed E-state index contributed by atoms with van der Waals surface area (Å²) in [7, 11) is 0. The van der Waals surface area contributed by atoms with E-state index < -0.39 is 0 Å². The molecule has 0 aliphatic heterocycles. The molecule has 0 heterocycles. The largest absolute Gasteiger partial charge is 0.295 e. The molecule has 0 radical (unpaired) electrons. The number of ketones is 1. The minimum atomic E-state index is 0.206. The fourth-order valence-corrected chi connectivity index (χ4v) is 6.92. The van der Waals surface area contributed by atoms with Gasteiger partial charge in [-0.3, -0.25) is 4.79 Å². The van der Waals surface area contributed by atoms with Crippen LogP contribution >= 0.6 is 0 Å². The van der Waals surface area contributed by atoms with Crippen molar-refractivity contribution in [1.29, 1.82) is 0 Å². The van der Waals surface area contributed by atoms with Crippen LogP contribution in [0.25, 0.3) is 0 Å². The van der Waals surface area contributed by atoms with Crippen molar-refractivity contribution in [3.05, 3.63) is 34.9 Å². The van der Waals surface area contributed by atoms with Gasteiger partial charge in [0.2, 0.25) is 0 Å². The molecule has 4 atom stereocenters. The van der Waals surface area contributed by atoms with Gasteiger partial charge >= 0.3 is 0 Å². The van der Waals surface area contributed by atoms with Crippen molar-refractivity contribution in [2.24, 2.45) is 28.6 Å². The monoisotopic (exact) mass is 366 g/mol. The van der Waals surface area contributed by atoms with Gasteiger partial charge in [-0.2, -0.15) is 0 Å². The maximum absolute atomic E-state index is 12.0. The summed E-state index contributed by atoms with van der Waals surface area (Å²) in [5, 5.41) is 0. The number of hydrogen-bond donors (Lipinski definition) is 0. The van der Waals surface area contributed by atoms with Crippen LogP contribution in [0.5, 0.6) is 0 Å². The number of carbonyl (C=O) groups is 1. The lowest BCUT2D eigenvalue weighted by atomic mass is 9.53. The minimum absolute atomic E-state index is 0.206. The summed E-state index contributed by atoms with van der Waals surface area (Å²) < 4.78 is 0. The number of fused-ring (bicyclic) bond motifs is 4. The molecule has 4 rings (SSSR count). The molecule has 1 heteroatoms. The van der Waals surface area contributed by atoms with E-state index in [-0.39, 0.29) is 5.41 Å². The molecule has 1 saturated carbocycles. The molecule has 0 N–H and O–H groups in total. The summed E-state index contributed by atoms with van der Waals surface area (Å²) in [5.74, 6) is 2.79. The minimum Gasteiger partial charge on any atom is -0.295 e. The zero-order valence-corrected chi connectivity index (χ0v) is 17.9. The normalized spacial score (nSPS) is 38.9. The van der Waals surface area contributed by atoms with E-state index in [0.29, 0.717) is 11.2 Å². The quantitative estimate of drug-likeness (QED) is 0.481. The molecule has 0 aromatic heterocycles. The van der Waals surface area contributed by atoms with Gasteiger partial charge in [0.15, 0.2) is 5.78 Å². The molecule has 148 valence electrons. The highest BCUT2D eigenvalue weighted by molar-refractivity contribution is 5.92. The molecule has 4 unspecified atom stereocenters. The van der Waals surface area contributed by atoms with E-state index >= 15 is 0 Å². The Labute approximate surface area is 166 Å².